The van der Waals surface area contributed by atoms with Crippen molar-refractivity contribution in [3.05, 3.63) is 54.9 Å². The van der Waals surface area contributed by atoms with Crippen LogP contribution in [0.5, 0.6) is 5.75 Å². The van der Waals surface area contributed by atoms with Gasteiger partial charge in [0.2, 0.25) is 5.95 Å². The van der Waals surface area contributed by atoms with Gasteiger partial charge >= 0.3 is 0 Å². The van der Waals surface area contributed by atoms with Gasteiger partial charge in [-0.2, -0.15) is 4.98 Å². The topological polar surface area (TPSA) is 75.2 Å². The monoisotopic (exact) mass is 378 g/mol. The standard InChI is InChI=1S/C21H26N6O/c1-27(2)13-7-12-23-21-25-18(16-8-6-11-22-15-16)14-20(26-21)24-17-9-4-5-10-19(17)28-3/h4-6,8-11,14-15H,7,12-13H2,1-3H3,(H2,23,24,25,26). The fraction of sp³-hybridized carbons (Fsp3) is 0.286. The summed E-state index contributed by atoms with van der Waals surface area (Å²) in [5.74, 6) is 2.02. The Kier molecular flexibility index (Phi) is 6.75. The second kappa shape index (κ2) is 9.66. The van der Waals surface area contributed by atoms with Crippen LogP contribution in [0.2, 0.25) is 0 Å². The Balaban J connectivity index is 1.86. The van der Waals surface area contributed by atoms with Crippen LogP contribution in [0.3, 0.4) is 0 Å². The molecule has 2 heterocycles. The van der Waals surface area contributed by atoms with E-state index in [9.17, 15) is 0 Å². The Labute approximate surface area is 165 Å². The number of hydrogen-bond acceptors (Lipinski definition) is 7. The van der Waals surface area contributed by atoms with E-state index in [0.29, 0.717) is 11.8 Å². The third kappa shape index (κ3) is 5.40. The van der Waals surface area contributed by atoms with Crippen LogP contribution >= 0.6 is 0 Å². The van der Waals surface area contributed by atoms with E-state index in [-0.39, 0.29) is 0 Å². The SMILES string of the molecule is COc1ccccc1Nc1cc(-c2cccnc2)nc(NCCCN(C)C)n1. The van der Waals surface area contributed by atoms with Gasteiger partial charge in [0.15, 0.2) is 0 Å². The van der Waals surface area contributed by atoms with Crippen LogP contribution in [-0.2, 0) is 0 Å². The van der Waals surface area contributed by atoms with Gasteiger partial charge in [-0.3, -0.25) is 4.98 Å². The molecule has 3 rings (SSSR count). The third-order valence-corrected chi connectivity index (χ3v) is 4.12. The van der Waals surface area contributed by atoms with E-state index >= 15 is 0 Å². The first-order valence-corrected chi connectivity index (χ1v) is 9.24. The van der Waals surface area contributed by atoms with Crippen LogP contribution in [0.4, 0.5) is 17.5 Å². The number of pyridine rings is 1. The molecule has 2 aromatic heterocycles. The van der Waals surface area contributed by atoms with E-state index in [2.05, 4.69) is 44.6 Å². The van der Waals surface area contributed by atoms with E-state index in [1.807, 2.05) is 42.5 Å². The molecule has 7 heteroatoms. The number of anilines is 3. The molecule has 0 aliphatic rings. The molecule has 0 bridgehead atoms. The van der Waals surface area contributed by atoms with E-state index in [0.717, 1.165) is 42.2 Å². The highest BCUT2D eigenvalue weighted by molar-refractivity contribution is 5.69. The molecule has 0 amide bonds. The second-order valence-corrected chi connectivity index (χ2v) is 6.61. The Morgan fingerprint density at radius 1 is 1.07 bits per heavy atom. The van der Waals surface area contributed by atoms with Gasteiger partial charge in [-0.05, 0) is 51.3 Å². The lowest BCUT2D eigenvalue weighted by atomic mass is 10.2. The average Bonchev–Trinajstić information content (AvgIpc) is 2.72. The summed E-state index contributed by atoms with van der Waals surface area (Å²) in [5.41, 5.74) is 2.58. The maximum atomic E-state index is 5.43. The van der Waals surface area contributed by atoms with Crippen molar-refractivity contribution in [1.29, 1.82) is 0 Å². The Hall–Kier alpha value is -3.19. The molecule has 146 valence electrons. The number of methoxy groups -OCH3 is 1. The highest BCUT2D eigenvalue weighted by Crippen LogP contribution is 2.28. The molecule has 28 heavy (non-hydrogen) atoms. The van der Waals surface area contributed by atoms with E-state index in [4.69, 9.17) is 4.74 Å². The fourth-order valence-corrected chi connectivity index (χ4v) is 2.73. The molecule has 2 N–H and O–H groups in total. The zero-order valence-electron chi connectivity index (χ0n) is 16.5. The summed E-state index contributed by atoms with van der Waals surface area (Å²) in [5, 5.41) is 6.66. The van der Waals surface area contributed by atoms with Gasteiger partial charge in [0.05, 0.1) is 18.5 Å². The van der Waals surface area contributed by atoms with Gasteiger partial charge in [-0.1, -0.05) is 12.1 Å². The van der Waals surface area contributed by atoms with Crippen molar-refractivity contribution in [1.82, 2.24) is 19.9 Å². The summed E-state index contributed by atoms with van der Waals surface area (Å²) in [4.78, 5) is 15.6. The number of aromatic nitrogens is 3. The van der Waals surface area contributed by atoms with E-state index in [1.165, 1.54) is 0 Å². The van der Waals surface area contributed by atoms with Crippen LogP contribution in [-0.4, -0.2) is 54.1 Å². The minimum Gasteiger partial charge on any atom is -0.495 e. The van der Waals surface area contributed by atoms with Gasteiger partial charge in [0, 0.05) is 30.6 Å². The molecule has 0 unspecified atom stereocenters. The number of benzene rings is 1. The summed E-state index contributed by atoms with van der Waals surface area (Å²) >= 11 is 0. The molecule has 0 atom stereocenters. The summed E-state index contributed by atoms with van der Waals surface area (Å²) in [6.45, 7) is 1.80. The van der Waals surface area contributed by atoms with Crippen molar-refractivity contribution in [3.8, 4) is 17.0 Å². The zero-order valence-corrected chi connectivity index (χ0v) is 16.5. The van der Waals surface area contributed by atoms with Gasteiger partial charge in [0.1, 0.15) is 11.6 Å². The first kappa shape index (κ1) is 19.6. The number of ether oxygens (including phenoxy) is 1. The van der Waals surface area contributed by atoms with Crippen LogP contribution in [0, 0.1) is 0 Å². The van der Waals surface area contributed by atoms with Crippen molar-refractivity contribution in [2.24, 2.45) is 0 Å². The van der Waals surface area contributed by atoms with Gasteiger partial charge in [0.25, 0.3) is 0 Å². The molecular formula is C21H26N6O. The highest BCUT2D eigenvalue weighted by Gasteiger charge is 2.09. The van der Waals surface area contributed by atoms with Gasteiger partial charge in [-0.25, -0.2) is 4.98 Å². The quantitative estimate of drug-likeness (QED) is 0.550. The number of rotatable bonds is 9. The lowest BCUT2D eigenvalue weighted by Crippen LogP contribution is -2.17. The largest absolute Gasteiger partial charge is 0.495 e. The van der Waals surface area contributed by atoms with Crippen LogP contribution in [0.15, 0.2) is 54.9 Å². The van der Waals surface area contributed by atoms with Gasteiger partial charge in [-0.15, -0.1) is 0 Å². The normalized spacial score (nSPS) is 10.7. The molecule has 0 fully saturated rings. The number of nitrogens with one attached hydrogen (secondary N) is 2. The molecular weight excluding hydrogens is 352 g/mol. The maximum absolute atomic E-state index is 5.43. The summed E-state index contributed by atoms with van der Waals surface area (Å²) in [6, 6.07) is 13.5. The lowest BCUT2D eigenvalue weighted by molar-refractivity contribution is 0.405. The van der Waals surface area contributed by atoms with Crippen LogP contribution in [0.25, 0.3) is 11.3 Å². The van der Waals surface area contributed by atoms with E-state index < -0.39 is 0 Å². The predicted octanol–water partition coefficient (Wildman–Crippen LogP) is 3.65. The molecule has 0 aliphatic heterocycles. The van der Waals surface area contributed by atoms with Crippen molar-refractivity contribution in [2.75, 3.05) is 44.9 Å². The number of nitrogens with zero attached hydrogens (tertiary/aromatic N) is 4. The zero-order chi connectivity index (χ0) is 19.8. The molecule has 0 saturated heterocycles. The van der Waals surface area contributed by atoms with Crippen molar-refractivity contribution in [3.63, 3.8) is 0 Å². The average molecular weight is 378 g/mol. The van der Waals surface area contributed by atoms with Crippen LogP contribution in [0.1, 0.15) is 6.42 Å². The number of hydrogen-bond donors (Lipinski definition) is 2. The molecule has 1 aromatic carbocycles. The predicted molar refractivity (Wildman–Crippen MR) is 113 cm³/mol. The first-order chi connectivity index (χ1) is 13.7. The minimum atomic E-state index is 0.581. The molecule has 0 aliphatic carbocycles. The lowest BCUT2D eigenvalue weighted by Gasteiger charge is -2.14. The summed E-state index contributed by atoms with van der Waals surface area (Å²) in [6.07, 6.45) is 4.55. The maximum Gasteiger partial charge on any atom is 0.225 e. The highest BCUT2D eigenvalue weighted by atomic mass is 16.5. The van der Waals surface area contributed by atoms with Crippen molar-refractivity contribution < 1.29 is 4.74 Å². The van der Waals surface area contributed by atoms with Gasteiger partial charge < -0.3 is 20.3 Å². The van der Waals surface area contributed by atoms with Crippen molar-refractivity contribution >= 4 is 17.5 Å². The van der Waals surface area contributed by atoms with Crippen LogP contribution < -0.4 is 15.4 Å². The number of para-hydroxylation sites is 2. The third-order valence-electron chi connectivity index (χ3n) is 4.12. The summed E-state index contributed by atoms with van der Waals surface area (Å²) in [7, 11) is 5.78. The minimum absolute atomic E-state index is 0.581. The second-order valence-electron chi connectivity index (χ2n) is 6.61. The van der Waals surface area contributed by atoms with Crippen molar-refractivity contribution in [2.45, 2.75) is 6.42 Å². The molecule has 0 spiro atoms. The Morgan fingerprint density at radius 2 is 1.93 bits per heavy atom. The molecule has 7 nitrogen and oxygen atoms in total. The van der Waals surface area contributed by atoms with E-state index in [1.54, 1.807) is 19.5 Å². The smallest absolute Gasteiger partial charge is 0.225 e. The summed E-state index contributed by atoms with van der Waals surface area (Å²) < 4.78 is 5.43. The first-order valence-electron chi connectivity index (χ1n) is 9.24. The Morgan fingerprint density at radius 3 is 2.68 bits per heavy atom. The molecule has 3 aromatic rings. The fourth-order valence-electron chi connectivity index (χ4n) is 2.73. The molecule has 0 radical (unpaired) electrons. The Bertz CT molecular complexity index is 885. The molecule has 0 saturated carbocycles.